The van der Waals surface area contributed by atoms with Gasteiger partial charge in [0, 0.05) is 35.3 Å². The summed E-state index contributed by atoms with van der Waals surface area (Å²) in [5.41, 5.74) is 4.91. The molecule has 1 aliphatic carbocycles. The highest BCUT2D eigenvalue weighted by Crippen LogP contribution is 2.38. The Hall–Kier alpha value is -2.72. The summed E-state index contributed by atoms with van der Waals surface area (Å²) >= 11 is 0. The van der Waals surface area contributed by atoms with Crippen molar-refractivity contribution in [2.24, 2.45) is 0 Å². The summed E-state index contributed by atoms with van der Waals surface area (Å²) in [6.45, 7) is 6.76. The quantitative estimate of drug-likeness (QED) is 0.593. The summed E-state index contributed by atoms with van der Waals surface area (Å²) in [5, 5.41) is 0. The molecule has 0 spiro atoms. The van der Waals surface area contributed by atoms with Crippen LogP contribution in [-0.4, -0.2) is 5.54 Å². The molecule has 0 atom stereocenters. The average Bonchev–Trinajstić information content (AvgIpc) is 2.55. The van der Waals surface area contributed by atoms with Gasteiger partial charge in [-0.1, -0.05) is 66.5 Å². The van der Waals surface area contributed by atoms with Gasteiger partial charge in [-0.3, -0.25) is 0 Å². The van der Waals surface area contributed by atoms with Gasteiger partial charge in [0.2, 0.25) is 0 Å². The average molecular weight is 327 g/mol. The first-order valence-corrected chi connectivity index (χ1v) is 8.83. The lowest BCUT2D eigenvalue weighted by Gasteiger charge is -2.39. The number of hydrogen-bond acceptors (Lipinski definition) is 1. The minimum absolute atomic E-state index is 0.0405. The summed E-state index contributed by atoms with van der Waals surface area (Å²) in [6.07, 6.45) is 8.08. The van der Waals surface area contributed by atoms with E-state index in [-0.39, 0.29) is 5.54 Å². The van der Waals surface area contributed by atoms with E-state index in [9.17, 15) is 0 Å². The molecule has 0 aromatic heterocycles. The largest absolute Gasteiger partial charge is 0.336 e. The highest BCUT2D eigenvalue weighted by molar-refractivity contribution is 5.82. The van der Waals surface area contributed by atoms with Crippen LogP contribution < -0.4 is 4.90 Å². The van der Waals surface area contributed by atoms with Crippen LogP contribution in [0.5, 0.6) is 0 Å². The summed E-state index contributed by atoms with van der Waals surface area (Å²) in [5.74, 6) is 6.50. The molecule has 2 aromatic carbocycles. The van der Waals surface area contributed by atoms with Crippen LogP contribution in [-0.2, 0) is 0 Å². The molecule has 0 amide bonds. The van der Waals surface area contributed by atoms with Gasteiger partial charge in [-0.25, -0.2) is 0 Å². The van der Waals surface area contributed by atoms with Crippen molar-refractivity contribution in [2.75, 3.05) is 4.90 Å². The monoisotopic (exact) mass is 327 g/mol. The van der Waals surface area contributed by atoms with Gasteiger partial charge >= 0.3 is 0 Å². The van der Waals surface area contributed by atoms with Crippen molar-refractivity contribution < 1.29 is 0 Å². The minimum Gasteiger partial charge on any atom is -0.336 e. The molecular weight excluding hydrogens is 302 g/mol. The predicted octanol–water partition coefficient (Wildman–Crippen LogP) is 6.36. The molecule has 1 aliphatic rings. The predicted molar refractivity (Wildman–Crippen MR) is 109 cm³/mol. The zero-order chi connectivity index (χ0) is 17.7. The van der Waals surface area contributed by atoms with E-state index in [0.29, 0.717) is 0 Å². The molecule has 0 radical (unpaired) electrons. The lowest BCUT2D eigenvalue weighted by Crippen LogP contribution is -2.38. The fourth-order valence-electron chi connectivity index (χ4n) is 3.19. The van der Waals surface area contributed by atoms with Crippen molar-refractivity contribution in [1.29, 1.82) is 0 Å². The van der Waals surface area contributed by atoms with Gasteiger partial charge in [-0.2, -0.15) is 0 Å². The topological polar surface area (TPSA) is 3.24 Å². The molecule has 3 rings (SSSR count). The third-order valence-electron chi connectivity index (χ3n) is 4.23. The molecule has 1 heteroatoms. The van der Waals surface area contributed by atoms with Gasteiger partial charge in [0.1, 0.15) is 0 Å². The lowest BCUT2D eigenvalue weighted by molar-refractivity contribution is 0.560. The Balaban J connectivity index is 2.14. The third kappa shape index (κ3) is 4.03. The Morgan fingerprint density at radius 2 is 1.60 bits per heavy atom. The third-order valence-corrected chi connectivity index (χ3v) is 4.23. The van der Waals surface area contributed by atoms with Crippen LogP contribution in [0.25, 0.3) is 5.57 Å². The van der Waals surface area contributed by atoms with Gasteiger partial charge in [0.25, 0.3) is 0 Å². The second-order valence-corrected chi connectivity index (χ2v) is 7.21. The number of allylic oxidation sites excluding steroid dienone is 4. The van der Waals surface area contributed by atoms with Crippen molar-refractivity contribution in [1.82, 2.24) is 0 Å². The molecule has 0 fully saturated rings. The Morgan fingerprint density at radius 1 is 0.880 bits per heavy atom. The van der Waals surface area contributed by atoms with Gasteiger partial charge in [-0.15, -0.1) is 0 Å². The summed E-state index contributed by atoms with van der Waals surface area (Å²) in [6, 6.07) is 19.3. The van der Waals surface area contributed by atoms with E-state index in [1.165, 1.54) is 22.5 Å². The van der Waals surface area contributed by atoms with Crippen LogP contribution in [0.15, 0.2) is 72.8 Å². The maximum Gasteiger partial charge on any atom is 0.0492 e. The van der Waals surface area contributed by atoms with E-state index in [2.05, 4.69) is 110 Å². The number of anilines is 2. The summed E-state index contributed by atoms with van der Waals surface area (Å²) in [7, 11) is 0. The molecule has 2 aromatic rings. The van der Waals surface area contributed by atoms with Crippen molar-refractivity contribution in [2.45, 2.75) is 39.2 Å². The van der Waals surface area contributed by atoms with Gasteiger partial charge in [0.05, 0.1) is 0 Å². The van der Waals surface area contributed by atoms with E-state index in [1.807, 2.05) is 0 Å². The number of hydrogen-bond donors (Lipinski definition) is 0. The van der Waals surface area contributed by atoms with Crippen LogP contribution in [0.3, 0.4) is 0 Å². The molecule has 0 N–H and O–H groups in total. The van der Waals surface area contributed by atoms with Crippen molar-refractivity contribution in [3.05, 3.63) is 78.4 Å². The second kappa shape index (κ2) is 7.45. The zero-order valence-corrected chi connectivity index (χ0v) is 15.3. The molecule has 0 aliphatic heterocycles. The summed E-state index contributed by atoms with van der Waals surface area (Å²) < 4.78 is 0. The van der Waals surface area contributed by atoms with Gasteiger partial charge in [0.15, 0.2) is 0 Å². The normalized spacial score (nSPS) is 17.3. The molecule has 0 bridgehead atoms. The highest BCUT2D eigenvalue weighted by atomic mass is 15.2. The van der Waals surface area contributed by atoms with Crippen LogP contribution >= 0.6 is 0 Å². The Bertz CT molecular complexity index is 839. The number of benzene rings is 2. The Kier molecular flexibility index (Phi) is 5.10. The fourth-order valence-corrected chi connectivity index (χ4v) is 3.19. The molecule has 1 nitrogen and oxygen atoms in total. The van der Waals surface area contributed by atoms with Crippen molar-refractivity contribution in [3.8, 4) is 11.8 Å². The number of nitrogens with zero attached hydrogens (tertiary/aromatic N) is 1. The molecule has 0 unspecified atom stereocenters. The molecule has 0 saturated heterocycles. The van der Waals surface area contributed by atoms with E-state index in [4.69, 9.17) is 0 Å². The van der Waals surface area contributed by atoms with Gasteiger partial charge < -0.3 is 4.90 Å². The number of para-hydroxylation sites is 2. The van der Waals surface area contributed by atoms with Crippen LogP contribution in [0.4, 0.5) is 11.4 Å². The molecular formula is C24H25N. The highest BCUT2D eigenvalue weighted by Gasteiger charge is 2.25. The number of rotatable bonds is 3. The van der Waals surface area contributed by atoms with Crippen LogP contribution in [0.2, 0.25) is 0 Å². The van der Waals surface area contributed by atoms with Gasteiger partial charge in [-0.05, 0) is 44.5 Å². The first-order chi connectivity index (χ1) is 12.1. The SMILES string of the molecule is CC(C)(C)N(c1ccccc1)c1ccccc1/C1=C/C=C\CC#CC1. The van der Waals surface area contributed by atoms with E-state index in [0.717, 1.165) is 12.8 Å². The lowest BCUT2D eigenvalue weighted by atomic mass is 9.95. The van der Waals surface area contributed by atoms with Crippen molar-refractivity contribution in [3.63, 3.8) is 0 Å². The smallest absolute Gasteiger partial charge is 0.0492 e. The second-order valence-electron chi connectivity index (χ2n) is 7.21. The zero-order valence-electron chi connectivity index (χ0n) is 15.3. The molecule has 126 valence electrons. The first-order valence-electron chi connectivity index (χ1n) is 8.83. The minimum atomic E-state index is -0.0405. The van der Waals surface area contributed by atoms with Crippen LogP contribution in [0.1, 0.15) is 39.2 Å². The molecule has 25 heavy (non-hydrogen) atoms. The maximum absolute atomic E-state index is 3.29. The Labute approximate surface area is 151 Å². The van der Waals surface area contributed by atoms with E-state index < -0.39 is 0 Å². The van der Waals surface area contributed by atoms with Crippen LogP contribution in [0, 0.1) is 11.8 Å². The fraction of sp³-hybridized carbons (Fsp3) is 0.250. The molecule has 0 saturated carbocycles. The van der Waals surface area contributed by atoms with E-state index in [1.54, 1.807) is 0 Å². The van der Waals surface area contributed by atoms with Crippen molar-refractivity contribution >= 4 is 16.9 Å². The Morgan fingerprint density at radius 3 is 2.36 bits per heavy atom. The first kappa shape index (κ1) is 17.1. The summed E-state index contributed by atoms with van der Waals surface area (Å²) in [4.78, 5) is 2.42. The maximum atomic E-state index is 3.29. The molecule has 0 heterocycles. The standard InChI is InChI=1S/C24H25N/c1-24(2,3)25(21-16-10-7-11-17-21)23-19-13-12-18-22(23)20-14-8-5-4-6-9-15-20/h5,7-8,10-14,16-19H,4,15H2,1-3H3/b8-5-,20-14+. The van der Waals surface area contributed by atoms with E-state index >= 15 is 0 Å².